The Morgan fingerprint density at radius 1 is 1.31 bits per heavy atom. The van der Waals surface area contributed by atoms with Gasteiger partial charge in [-0.3, -0.25) is 0 Å². The van der Waals surface area contributed by atoms with Gasteiger partial charge in [0.1, 0.15) is 0 Å². The summed E-state index contributed by atoms with van der Waals surface area (Å²) in [5.41, 5.74) is 0. The first-order chi connectivity index (χ1) is 7.88. The Morgan fingerprint density at radius 3 is 3.00 bits per heavy atom. The maximum atomic E-state index is 8.91. The van der Waals surface area contributed by atoms with E-state index in [0.29, 0.717) is 6.10 Å². The summed E-state index contributed by atoms with van der Waals surface area (Å²) < 4.78 is 5.61. The molecule has 0 radical (unpaired) electrons. The number of hydrogen-bond donors (Lipinski definition) is 0. The fraction of sp³-hybridized carbons (Fsp3) is 0.923. The first-order valence-electron chi connectivity index (χ1n) is 6.62. The van der Waals surface area contributed by atoms with Gasteiger partial charge >= 0.3 is 0 Å². The molecule has 90 valence electrons. The van der Waals surface area contributed by atoms with Crippen LogP contribution in [0.1, 0.15) is 38.5 Å². The smallest absolute Gasteiger partial charge is 0.0669 e. The lowest BCUT2D eigenvalue weighted by molar-refractivity contribution is 0.0965. The molecule has 2 aliphatic heterocycles. The highest BCUT2D eigenvalue weighted by molar-refractivity contribution is 4.88. The van der Waals surface area contributed by atoms with Crippen molar-refractivity contribution in [2.45, 2.75) is 44.6 Å². The van der Waals surface area contributed by atoms with Crippen molar-refractivity contribution >= 4 is 0 Å². The quantitative estimate of drug-likeness (QED) is 0.731. The van der Waals surface area contributed by atoms with E-state index in [9.17, 15) is 0 Å². The Kier molecular flexibility index (Phi) is 4.62. The Hall–Kier alpha value is -0.590. The molecule has 3 nitrogen and oxygen atoms in total. The van der Waals surface area contributed by atoms with E-state index in [0.717, 1.165) is 26.1 Å². The molecule has 2 fully saturated rings. The maximum Gasteiger partial charge on any atom is 0.0669 e. The van der Waals surface area contributed by atoms with Crippen molar-refractivity contribution in [2.24, 2.45) is 5.92 Å². The summed E-state index contributed by atoms with van der Waals surface area (Å²) in [5.74, 6) is 0.275. The predicted octanol–water partition coefficient (Wildman–Crippen LogP) is 2.18. The number of ether oxygens (including phenoxy) is 1. The molecule has 2 atom stereocenters. The van der Waals surface area contributed by atoms with Crippen molar-refractivity contribution in [1.29, 1.82) is 5.26 Å². The fourth-order valence-electron chi connectivity index (χ4n) is 2.78. The molecule has 0 aromatic carbocycles. The Bertz CT molecular complexity index is 243. The minimum Gasteiger partial charge on any atom is -0.378 e. The molecule has 2 saturated heterocycles. The highest BCUT2D eigenvalue weighted by Crippen LogP contribution is 2.19. The van der Waals surface area contributed by atoms with Gasteiger partial charge in [-0.05, 0) is 51.6 Å². The van der Waals surface area contributed by atoms with Gasteiger partial charge in [-0.2, -0.15) is 5.26 Å². The van der Waals surface area contributed by atoms with Crippen LogP contribution in [0.3, 0.4) is 0 Å². The summed E-state index contributed by atoms with van der Waals surface area (Å²) in [6.07, 6.45) is 7.73. The number of rotatable bonds is 4. The molecular weight excluding hydrogens is 200 g/mol. The van der Waals surface area contributed by atoms with Crippen LogP contribution in [0.15, 0.2) is 0 Å². The van der Waals surface area contributed by atoms with Gasteiger partial charge in [-0.15, -0.1) is 0 Å². The van der Waals surface area contributed by atoms with E-state index in [2.05, 4.69) is 11.0 Å². The van der Waals surface area contributed by atoms with Gasteiger partial charge in [0.25, 0.3) is 0 Å². The van der Waals surface area contributed by atoms with Crippen LogP contribution < -0.4 is 0 Å². The standard InChI is InChI=1S/C13H22N2O/c14-10-12-4-1-7-15(11-12)8-2-5-13-6-3-9-16-13/h12-13H,1-9,11H2. The van der Waals surface area contributed by atoms with E-state index in [1.165, 1.54) is 38.6 Å². The molecule has 0 aromatic rings. The molecule has 3 heteroatoms. The number of piperidine rings is 1. The van der Waals surface area contributed by atoms with Gasteiger partial charge in [0.05, 0.1) is 18.1 Å². The van der Waals surface area contributed by atoms with E-state index in [1.807, 2.05) is 0 Å². The van der Waals surface area contributed by atoms with Crippen LogP contribution in [-0.2, 0) is 4.74 Å². The Labute approximate surface area is 98.4 Å². The highest BCUT2D eigenvalue weighted by Gasteiger charge is 2.20. The zero-order valence-electron chi connectivity index (χ0n) is 10.0. The molecule has 0 amide bonds. The molecule has 0 N–H and O–H groups in total. The molecule has 0 aliphatic carbocycles. The average Bonchev–Trinajstić information content (AvgIpc) is 2.82. The first kappa shape index (κ1) is 11.9. The van der Waals surface area contributed by atoms with Crippen LogP contribution in [-0.4, -0.2) is 37.2 Å². The van der Waals surface area contributed by atoms with Gasteiger partial charge < -0.3 is 9.64 Å². The molecule has 2 heterocycles. The maximum absolute atomic E-state index is 8.91. The molecule has 0 aromatic heterocycles. The van der Waals surface area contributed by atoms with E-state index in [4.69, 9.17) is 10.00 Å². The van der Waals surface area contributed by atoms with E-state index >= 15 is 0 Å². The lowest BCUT2D eigenvalue weighted by Crippen LogP contribution is -2.35. The largest absolute Gasteiger partial charge is 0.378 e. The number of nitriles is 1. The molecule has 0 bridgehead atoms. The summed E-state index contributed by atoms with van der Waals surface area (Å²) in [4.78, 5) is 2.45. The minimum absolute atomic E-state index is 0.275. The van der Waals surface area contributed by atoms with Crippen molar-refractivity contribution in [1.82, 2.24) is 4.90 Å². The second-order valence-corrected chi connectivity index (χ2v) is 5.05. The van der Waals surface area contributed by atoms with Gasteiger partial charge in [0, 0.05) is 13.2 Å². The third kappa shape index (κ3) is 3.47. The fourth-order valence-corrected chi connectivity index (χ4v) is 2.78. The number of hydrogen-bond acceptors (Lipinski definition) is 3. The van der Waals surface area contributed by atoms with E-state index < -0.39 is 0 Å². The average molecular weight is 222 g/mol. The van der Waals surface area contributed by atoms with E-state index in [1.54, 1.807) is 0 Å². The van der Waals surface area contributed by atoms with Crippen molar-refractivity contribution in [3.63, 3.8) is 0 Å². The summed E-state index contributed by atoms with van der Waals surface area (Å²) in [5, 5.41) is 8.91. The molecule has 2 rings (SSSR count). The van der Waals surface area contributed by atoms with Crippen LogP contribution in [0, 0.1) is 17.2 Å². The van der Waals surface area contributed by atoms with Crippen LogP contribution in [0.4, 0.5) is 0 Å². The summed E-state index contributed by atoms with van der Waals surface area (Å²) in [6.45, 7) is 4.29. The molecule has 2 aliphatic rings. The summed E-state index contributed by atoms with van der Waals surface area (Å²) >= 11 is 0. The zero-order valence-corrected chi connectivity index (χ0v) is 10.0. The second kappa shape index (κ2) is 6.22. The molecule has 2 unspecified atom stereocenters. The van der Waals surface area contributed by atoms with Gasteiger partial charge in [0.2, 0.25) is 0 Å². The highest BCUT2D eigenvalue weighted by atomic mass is 16.5. The molecule has 16 heavy (non-hydrogen) atoms. The van der Waals surface area contributed by atoms with Crippen LogP contribution >= 0.6 is 0 Å². The zero-order chi connectivity index (χ0) is 11.2. The van der Waals surface area contributed by atoms with Crippen molar-refractivity contribution in [2.75, 3.05) is 26.2 Å². The lowest BCUT2D eigenvalue weighted by atomic mass is 9.99. The van der Waals surface area contributed by atoms with Crippen molar-refractivity contribution in [3.05, 3.63) is 0 Å². The molecular formula is C13H22N2O. The van der Waals surface area contributed by atoms with Crippen molar-refractivity contribution < 1.29 is 4.74 Å². The van der Waals surface area contributed by atoms with Crippen LogP contribution in [0.5, 0.6) is 0 Å². The van der Waals surface area contributed by atoms with Crippen LogP contribution in [0.25, 0.3) is 0 Å². The van der Waals surface area contributed by atoms with Gasteiger partial charge in [0.15, 0.2) is 0 Å². The van der Waals surface area contributed by atoms with Gasteiger partial charge in [-0.25, -0.2) is 0 Å². The number of nitrogens with zero attached hydrogens (tertiary/aromatic N) is 2. The molecule has 0 saturated carbocycles. The summed E-state index contributed by atoms with van der Waals surface area (Å²) in [6, 6.07) is 2.40. The molecule has 0 spiro atoms. The predicted molar refractivity (Wildman–Crippen MR) is 63.0 cm³/mol. The SMILES string of the molecule is N#CC1CCCN(CCCC2CCCO2)C1. The summed E-state index contributed by atoms with van der Waals surface area (Å²) in [7, 11) is 0. The van der Waals surface area contributed by atoms with Crippen molar-refractivity contribution in [3.8, 4) is 6.07 Å². The minimum atomic E-state index is 0.275. The number of likely N-dealkylation sites (tertiary alicyclic amines) is 1. The second-order valence-electron chi connectivity index (χ2n) is 5.05. The third-order valence-corrected chi connectivity index (χ3v) is 3.71. The first-order valence-corrected chi connectivity index (χ1v) is 6.62. The van der Waals surface area contributed by atoms with Crippen LogP contribution in [0.2, 0.25) is 0 Å². The normalized spacial score (nSPS) is 31.4. The lowest BCUT2D eigenvalue weighted by Gasteiger charge is -2.29. The topological polar surface area (TPSA) is 36.3 Å². The third-order valence-electron chi connectivity index (χ3n) is 3.71. The van der Waals surface area contributed by atoms with Gasteiger partial charge in [-0.1, -0.05) is 0 Å². The Balaban J connectivity index is 1.60. The Morgan fingerprint density at radius 2 is 2.25 bits per heavy atom. The van der Waals surface area contributed by atoms with E-state index in [-0.39, 0.29) is 5.92 Å². The monoisotopic (exact) mass is 222 g/mol.